The molecular formula is C11H10FNO. The smallest absolute Gasteiger partial charge is 0.153 e. The Hall–Kier alpha value is -1.66. The maximum absolute atomic E-state index is 12.9. The van der Waals surface area contributed by atoms with Crippen molar-refractivity contribution in [2.45, 2.75) is 0 Å². The van der Waals surface area contributed by atoms with Crippen LogP contribution in [0.25, 0.3) is 0 Å². The van der Waals surface area contributed by atoms with Crippen LogP contribution in [-0.2, 0) is 0 Å². The maximum Gasteiger partial charge on any atom is 0.153 e. The van der Waals surface area contributed by atoms with E-state index in [1.54, 1.807) is 13.1 Å². The molecule has 1 aromatic carbocycles. The van der Waals surface area contributed by atoms with Gasteiger partial charge in [0.25, 0.3) is 0 Å². The minimum atomic E-state index is -0.515. The van der Waals surface area contributed by atoms with Crippen LogP contribution in [0.5, 0.6) is 0 Å². The van der Waals surface area contributed by atoms with Crippen LogP contribution in [0, 0.1) is 17.7 Å². The highest BCUT2D eigenvalue weighted by molar-refractivity contribution is 5.76. The van der Waals surface area contributed by atoms with Gasteiger partial charge < -0.3 is 5.32 Å². The number of carbonyl (C=O) groups is 1. The van der Waals surface area contributed by atoms with Crippen molar-refractivity contribution < 1.29 is 9.18 Å². The molecule has 0 amide bonds. The second-order valence-electron chi connectivity index (χ2n) is 2.69. The second kappa shape index (κ2) is 5.15. The molecule has 14 heavy (non-hydrogen) atoms. The number of halogens is 1. The summed E-state index contributed by atoms with van der Waals surface area (Å²) in [6.45, 7) is 0.563. The molecule has 0 saturated carbocycles. The highest BCUT2D eigenvalue weighted by atomic mass is 19.1. The first-order valence-electron chi connectivity index (χ1n) is 4.16. The Labute approximate surface area is 82.1 Å². The van der Waals surface area contributed by atoms with Crippen molar-refractivity contribution in [3.8, 4) is 11.8 Å². The standard InChI is InChI=1S/C11H10FNO/c1-13-6-2-3-9-4-5-11(12)10(7-9)8-14/h4-5,7-8,13H,6H2,1H3. The molecule has 0 radical (unpaired) electrons. The number of nitrogens with one attached hydrogen (secondary N) is 1. The van der Waals surface area contributed by atoms with Gasteiger partial charge in [0, 0.05) is 5.56 Å². The van der Waals surface area contributed by atoms with E-state index in [0.717, 1.165) is 0 Å². The van der Waals surface area contributed by atoms with Crippen molar-refractivity contribution in [3.05, 3.63) is 35.1 Å². The summed E-state index contributed by atoms with van der Waals surface area (Å²) < 4.78 is 12.9. The molecule has 0 aliphatic carbocycles. The number of aldehydes is 1. The van der Waals surface area contributed by atoms with E-state index in [1.165, 1.54) is 12.1 Å². The number of hydrogen-bond donors (Lipinski definition) is 1. The van der Waals surface area contributed by atoms with Gasteiger partial charge in [-0.2, -0.15) is 0 Å². The topological polar surface area (TPSA) is 29.1 Å². The number of hydrogen-bond acceptors (Lipinski definition) is 2. The van der Waals surface area contributed by atoms with E-state index in [9.17, 15) is 9.18 Å². The van der Waals surface area contributed by atoms with Crippen molar-refractivity contribution in [2.24, 2.45) is 0 Å². The lowest BCUT2D eigenvalue weighted by atomic mass is 10.1. The van der Waals surface area contributed by atoms with E-state index < -0.39 is 5.82 Å². The summed E-state index contributed by atoms with van der Waals surface area (Å²) in [7, 11) is 1.79. The summed E-state index contributed by atoms with van der Waals surface area (Å²) in [5, 5.41) is 2.86. The lowest BCUT2D eigenvalue weighted by molar-refractivity contribution is 0.112. The van der Waals surface area contributed by atoms with Crippen molar-refractivity contribution >= 4 is 6.29 Å². The van der Waals surface area contributed by atoms with Crippen LogP contribution in [0.4, 0.5) is 4.39 Å². The molecule has 3 heteroatoms. The number of benzene rings is 1. The molecule has 72 valence electrons. The third kappa shape index (κ3) is 2.68. The Morgan fingerprint density at radius 3 is 3.00 bits per heavy atom. The number of carbonyl (C=O) groups excluding carboxylic acids is 1. The third-order valence-electron chi connectivity index (χ3n) is 1.62. The Balaban J connectivity index is 2.91. The van der Waals surface area contributed by atoms with E-state index >= 15 is 0 Å². The molecular weight excluding hydrogens is 181 g/mol. The molecule has 1 N–H and O–H groups in total. The van der Waals surface area contributed by atoms with Gasteiger partial charge in [-0.05, 0) is 25.2 Å². The van der Waals surface area contributed by atoms with Gasteiger partial charge in [-0.1, -0.05) is 11.8 Å². The van der Waals surface area contributed by atoms with E-state index in [-0.39, 0.29) is 5.56 Å². The van der Waals surface area contributed by atoms with E-state index in [4.69, 9.17) is 0 Å². The fraction of sp³-hybridized carbons (Fsp3) is 0.182. The zero-order valence-corrected chi connectivity index (χ0v) is 7.80. The Morgan fingerprint density at radius 2 is 2.36 bits per heavy atom. The summed E-state index contributed by atoms with van der Waals surface area (Å²) in [4.78, 5) is 10.4. The molecule has 0 heterocycles. The first-order valence-corrected chi connectivity index (χ1v) is 4.16. The molecule has 0 fully saturated rings. The molecule has 0 aliphatic rings. The normalized spacial score (nSPS) is 9.00. The first-order chi connectivity index (χ1) is 6.77. The summed E-state index contributed by atoms with van der Waals surface area (Å²) in [6, 6.07) is 4.23. The van der Waals surface area contributed by atoms with Gasteiger partial charge in [-0.15, -0.1) is 0 Å². The van der Waals surface area contributed by atoms with Gasteiger partial charge in [0.2, 0.25) is 0 Å². The van der Waals surface area contributed by atoms with Crippen LogP contribution >= 0.6 is 0 Å². The molecule has 0 spiro atoms. The molecule has 0 bridgehead atoms. The van der Waals surface area contributed by atoms with Crippen molar-refractivity contribution in [3.63, 3.8) is 0 Å². The zero-order chi connectivity index (χ0) is 10.4. The molecule has 0 atom stereocenters. The summed E-state index contributed by atoms with van der Waals surface area (Å²) in [6.07, 6.45) is 0.485. The molecule has 0 aromatic heterocycles. The first kappa shape index (κ1) is 10.4. The van der Waals surface area contributed by atoms with E-state index in [1.807, 2.05) is 0 Å². The summed E-state index contributed by atoms with van der Waals surface area (Å²) in [5.41, 5.74) is 0.685. The van der Waals surface area contributed by atoms with E-state index in [0.29, 0.717) is 18.4 Å². The minimum absolute atomic E-state index is 0.0428. The van der Waals surface area contributed by atoms with Crippen molar-refractivity contribution in [1.82, 2.24) is 5.32 Å². The van der Waals surface area contributed by atoms with Gasteiger partial charge in [-0.3, -0.25) is 4.79 Å². The van der Waals surface area contributed by atoms with Crippen LogP contribution < -0.4 is 5.32 Å². The highest BCUT2D eigenvalue weighted by Crippen LogP contribution is 2.07. The maximum atomic E-state index is 12.9. The van der Waals surface area contributed by atoms with Crippen molar-refractivity contribution in [2.75, 3.05) is 13.6 Å². The SMILES string of the molecule is CNCC#Cc1ccc(F)c(C=O)c1. The monoisotopic (exact) mass is 191 g/mol. The van der Waals surface area contributed by atoms with Crippen LogP contribution in [0.1, 0.15) is 15.9 Å². The quantitative estimate of drug-likeness (QED) is 0.562. The van der Waals surface area contributed by atoms with Gasteiger partial charge in [0.1, 0.15) is 5.82 Å². The zero-order valence-electron chi connectivity index (χ0n) is 7.80. The number of rotatable bonds is 2. The Kier molecular flexibility index (Phi) is 3.84. The predicted octanol–water partition coefficient (Wildman–Crippen LogP) is 1.21. The van der Waals surface area contributed by atoms with Crippen LogP contribution in [-0.4, -0.2) is 19.9 Å². The molecule has 0 saturated heterocycles. The van der Waals surface area contributed by atoms with Crippen LogP contribution in [0.15, 0.2) is 18.2 Å². The van der Waals surface area contributed by atoms with Gasteiger partial charge in [0.05, 0.1) is 12.1 Å². The highest BCUT2D eigenvalue weighted by Gasteiger charge is 1.99. The Bertz CT molecular complexity index is 390. The fourth-order valence-corrected chi connectivity index (χ4v) is 0.946. The van der Waals surface area contributed by atoms with Crippen molar-refractivity contribution in [1.29, 1.82) is 0 Å². The Morgan fingerprint density at radius 1 is 1.57 bits per heavy atom. The molecule has 1 rings (SSSR count). The largest absolute Gasteiger partial charge is 0.309 e. The molecule has 0 aliphatic heterocycles. The van der Waals surface area contributed by atoms with Gasteiger partial charge in [0.15, 0.2) is 6.29 Å². The lowest BCUT2D eigenvalue weighted by Crippen LogP contribution is -2.04. The molecule has 2 nitrogen and oxygen atoms in total. The second-order valence-corrected chi connectivity index (χ2v) is 2.69. The fourth-order valence-electron chi connectivity index (χ4n) is 0.946. The lowest BCUT2D eigenvalue weighted by Gasteiger charge is -1.94. The van der Waals surface area contributed by atoms with Crippen LogP contribution in [0.3, 0.4) is 0 Å². The molecule has 1 aromatic rings. The third-order valence-corrected chi connectivity index (χ3v) is 1.62. The van der Waals surface area contributed by atoms with E-state index in [2.05, 4.69) is 17.2 Å². The summed E-state index contributed by atoms with van der Waals surface area (Å²) >= 11 is 0. The van der Waals surface area contributed by atoms with Crippen LogP contribution in [0.2, 0.25) is 0 Å². The van der Waals surface area contributed by atoms with Gasteiger partial charge >= 0.3 is 0 Å². The molecule has 0 unspecified atom stereocenters. The van der Waals surface area contributed by atoms with Gasteiger partial charge in [-0.25, -0.2) is 4.39 Å². The minimum Gasteiger partial charge on any atom is -0.309 e. The summed E-state index contributed by atoms with van der Waals surface area (Å²) in [5.74, 6) is 5.12. The predicted molar refractivity (Wildman–Crippen MR) is 52.6 cm³/mol. The average molecular weight is 191 g/mol. The average Bonchev–Trinajstić information content (AvgIpc) is 2.21.